The lowest BCUT2D eigenvalue weighted by molar-refractivity contribution is 0.229. The molecule has 0 amide bonds. The van der Waals surface area contributed by atoms with Crippen LogP contribution in [0.5, 0.6) is 0 Å². The van der Waals surface area contributed by atoms with Gasteiger partial charge in [-0.15, -0.1) is 0 Å². The van der Waals surface area contributed by atoms with Crippen LogP contribution in [0, 0.1) is 11.3 Å². The van der Waals surface area contributed by atoms with Crippen LogP contribution >= 0.6 is 0 Å². The van der Waals surface area contributed by atoms with Gasteiger partial charge in [-0.05, 0) is 53.2 Å². The summed E-state index contributed by atoms with van der Waals surface area (Å²) in [5.74, 6) is 0. The summed E-state index contributed by atoms with van der Waals surface area (Å²) in [6, 6.07) is 10.1. The number of anilines is 1. The van der Waals surface area contributed by atoms with Crippen LogP contribution < -0.4 is 5.32 Å². The molecule has 0 radical (unpaired) electrons. The summed E-state index contributed by atoms with van der Waals surface area (Å²) in [6.45, 7) is 10.9. The summed E-state index contributed by atoms with van der Waals surface area (Å²) in [5.41, 5.74) is 2.73. The van der Waals surface area contributed by atoms with Crippen LogP contribution in [0.25, 0.3) is 0 Å². The number of hydrazone groups is 1. The van der Waals surface area contributed by atoms with E-state index in [1.54, 1.807) is 6.21 Å². The number of nitrogens with zero attached hydrogens (tertiary/aromatic N) is 6. The Morgan fingerprint density at radius 3 is 2.55 bits per heavy atom. The molecule has 0 aromatic heterocycles. The minimum absolute atomic E-state index is 0.0276. The quantitative estimate of drug-likeness (QED) is 0.254. The third-order valence-corrected chi connectivity index (χ3v) is 5.10. The summed E-state index contributed by atoms with van der Waals surface area (Å²) < 4.78 is 0. The molecule has 29 heavy (non-hydrogen) atoms. The number of likely N-dealkylation sites (N-methyl/N-ethyl adjacent to an activating group) is 1. The van der Waals surface area contributed by atoms with Crippen LogP contribution in [-0.4, -0.2) is 55.0 Å². The van der Waals surface area contributed by atoms with Crippen molar-refractivity contribution in [2.45, 2.75) is 59.2 Å². The van der Waals surface area contributed by atoms with Crippen molar-refractivity contribution >= 4 is 11.9 Å². The molecule has 0 aliphatic carbocycles. The molecular weight excluding hydrogens is 362 g/mol. The average Bonchev–Trinajstić information content (AvgIpc) is 2.73. The topological polar surface area (TPSA) is 79.4 Å². The van der Waals surface area contributed by atoms with E-state index in [2.05, 4.69) is 46.7 Å². The lowest BCUT2D eigenvalue weighted by Gasteiger charge is -2.25. The van der Waals surface area contributed by atoms with Crippen LogP contribution in [0.4, 0.5) is 5.69 Å². The molecule has 3 atom stereocenters. The zero-order valence-corrected chi connectivity index (χ0v) is 18.8. The fourth-order valence-electron chi connectivity index (χ4n) is 2.74. The van der Waals surface area contributed by atoms with Gasteiger partial charge in [0.2, 0.25) is 0 Å². The van der Waals surface area contributed by atoms with Crippen LogP contribution in [0.2, 0.25) is 0 Å². The lowest BCUT2D eigenvalue weighted by atomic mass is 10.0. The SMILES string of the molecule is C/C=N\N(C)[C@H](C)C(C)N=NN(C)CCC(Nc1ccccc1C#N)/C(C)=C/C. The Labute approximate surface area is 175 Å². The zero-order valence-electron chi connectivity index (χ0n) is 18.8. The molecule has 0 bridgehead atoms. The van der Waals surface area contributed by atoms with Crippen molar-refractivity contribution in [3.05, 3.63) is 41.5 Å². The molecule has 158 valence electrons. The first-order chi connectivity index (χ1) is 13.8. The number of nitriles is 1. The molecule has 0 aliphatic heterocycles. The van der Waals surface area contributed by atoms with Crippen LogP contribution in [0.1, 0.15) is 46.6 Å². The third-order valence-electron chi connectivity index (χ3n) is 5.10. The Morgan fingerprint density at radius 2 is 1.93 bits per heavy atom. The smallest absolute Gasteiger partial charge is 0.101 e. The van der Waals surface area contributed by atoms with Crippen LogP contribution in [0.3, 0.4) is 0 Å². The molecule has 1 aromatic rings. The highest BCUT2D eigenvalue weighted by molar-refractivity contribution is 5.58. The van der Waals surface area contributed by atoms with Crippen LogP contribution in [0.15, 0.2) is 51.4 Å². The van der Waals surface area contributed by atoms with E-state index >= 15 is 0 Å². The Hall–Kier alpha value is -2.88. The van der Waals surface area contributed by atoms with E-state index in [0.717, 1.165) is 18.7 Å². The number of rotatable bonds is 11. The molecule has 0 fully saturated rings. The maximum Gasteiger partial charge on any atom is 0.101 e. The van der Waals surface area contributed by atoms with E-state index < -0.39 is 0 Å². The van der Waals surface area contributed by atoms with Crippen molar-refractivity contribution in [1.29, 1.82) is 5.26 Å². The second kappa shape index (κ2) is 12.6. The Bertz CT molecular complexity index is 748. The monoisotopic (exact) mass is 397 g/mol. The van der Waals surface area contributed by atoms with Gasteiger partial charge >= 0.3 is 0 Å². The molecule has 7 nitrogen and oxygen atoms in total. The molecule has 0 aliphatic rings. The van der Waals surface area contributed by atoms with Crippen molar-refractivity contribution in [2.24, 2.45) is 15.4 Å². The summed E-state index contributed by atoms with van der Waals surface area (Å²) in [5, 5.41) is 29.7. The molecule has 0 saturated heterocycles. The molecule has 7 heteroatoms. The number of allylic oxidation sites excluding steroid dienone is 1. The predicted molar refractivity (Wildman–Crippen MR) is 121 cm³/mol. The average molecular weight is 398 g/mol. The molecule has 1 rings (SSSR count). The van der Waals surface area contributed by atoms with Gasteiger partial charge in [0, 0.05) is 32.9 Å². The number of hydrogen-bond acceptors (Lipinski definition) is 6. The lowest BCUT2D eigenvalue weighted by Crippen LogP contribution is -2.33. The summed E-state index contributed by atoms with van der Waals surface area (Å²) in [4.78, 5) is 0. The van der Waals surface area contributed by atoms with Crippen molar-refractivity contribution in [3.8, 4) is 6.07 Å². The normalized spacial score (nSPS) is 15.2. The summed E-state index contributed by atoms with van der Waals surface area (Å²) in [6.07, 6.45) is 4.71. The Morgan fingerprint density at radius 1 is 1.24 bits per heavy atom. The zero-order chi connectivity index (χ0) is 21.8. The number of hydrogen-bond donors (Lipinski definition) is 1. The second-order valence-electron chi connectivity index (χ2n) is 7.19. The number of para-hydroxylation sites is 1. The van der Waals surface area contributed by atoms with E-state index in [4.69, 9.17) is 0 Å². The van der Waals surface area contributed by atoms with Crippen LogP contribution in [-0.2, 0) is 0 Å². The first-order valence-corrected chi connectivity index (χ1v) is 10.1. The Balaban J connectivity index is 2.71. The molecule has 1 aromatic carbocycles. The first kappa shape index (κ1) is 24.2. The molecule has 0 saturated carbocycles. The predicted octanol–water partition coefficient (Wildman–Crippen LogP) is 4.71. The largest absolute Gasteiger partial charge is 0.377 e. The summed E-state index contributed by atoms with van der Waals surface area (Å²) in [7, 11) is 3.87. The fraction of sp³-hybridized carbons (Fsp3) is 0.545. The van der Waals surface area contributed by atoms with E-state index in [1.807, 2.05) is 69.1 Å². The summed E-state index contributed by atoms with van der Waals surface area (Å²) >= 11 is 0. The third kappa shape index (κ3) is 7.94. The highest BCUT2D eigenvalue weighted by atomic mass is 15.5. The van der Waals surface area contributed by atoms with Gasteiger partial charge in [-0.25, -0.2) is 0 Å². The minimum atomic E-state index is 0.0276. The van der Waals surface area contributed by atoms with Gasteiger partial charge in [-0.1, -0.05) is 29.0 Å². The van der Waals surface area contributed by atoms with Crippen molar-refractivity contribution < 1.29 is 0 Å². The standard InChI is InChI=1S/C22H35N7/c1-8-17(3)21(25-22-13-11-10-12-20(22)16-23)14-15-28(6)27-26-18(4)19(5)29(7)24-9-2/h8-13,18-19,21,25H,14-15H2,1-7H3/b17-8+,24-9-,27-26?/t18?,19-,21?/m1/s1. The highest BCUT2D eigenvalue weighted by Gasteiger charge is 2.16. The van der Waals surface area contributed by atoms with Crippen molar-refractivity contribution in [3.63, 3.8) is 0 Å². The van der Waals surface area contributed by atoms with E-state index in [9.17, 15) is 5.26 Å². The molecule has 0 heterocycles. The van der Waals surface area contributed by atoms with Crippen molar-refractivity contribution in [1.82, 2.24) is 10.0 Å². The second-order valence-corrected chi connectivity index (χ2v) is 7.19. The minimum Gasteiger partial charge on any atom is -0.377 e. The first-order valence-electron chi connectivity index (χ1n) is 10.1. The van der Waals surface area contributed by atoms with Gasteiger partial charge in [0.1, 0.15) is 6.07 Å². The molecule has 1 N–H and O–H groups in total. The number of nitrogens with one attached hydrogen (secondary N) is 1. The van der Waals surface area contributed by atoms with Crippen molar-refractivity contribution in [2.75, 3.05) is 26.0 Å². The van der Waals surface area contributed by atoms with E-state index in [-0.39, 0.29) is 18.1 Å². The van der Waals surface area contributed by atoms with Gasteiger partial charge in [0.15, 0.2) is 0 Å². The maximum atomic E-state index is 9.33. The maximum absolute atomic E-state index is 9.33. The molecular formula is C22H35N7. The Kier molecular flexibility index (Phi) is 10.5. The van der Waals surface area contributed by atoms with Gasteiger partial charge < -0.3 is 5.32 Å². The fourth-order valence-corrected chi connectivity index (χ4v) is 2.74. The van der Waals surface area contributed by atoms with Gasteiger partial charge in [0.25, 0.3) is 0 Å². The van der Waals surface area contributed by atoms with Gasteiger partial charge in [-0.3, -0.25) is 10.0 Å². The van der Waals surface area contributed by atoms with E-state index in [1.165, 1.54) is 5.57 Å². The molecule has 0 spiro atoms. The molecule has 2 unspecified atom stereocenters. The van der Waals surface area contributed by atoms with Gasteiger partial charge in [0.05, 0.1) is 23.3 Å². The van der Waals surface area contributed by atoms with E-state index in [0.29, 0.717) is 5.56 Å². The highest BCUT2D eigenvalue weighted by Crippen LogP contribution is 2.19. The number of benzene rings is 1. The van der Waals surface area contributed by atoms with Gasteiger partial charge in [-0.2, -0.15) is 15.5 Å².